The highest BCUT2D eigenvalue weighted by Gasteiger charge is 2.09. The summed E-state index contributed by atoms with van der Waals surface area (Å²) in [6.07, 6.45) is 0. The molecule has 3 N–H and O–H groups in total. The molecule has 6 heteroatoms. The molecule has 0 fully saturated rings. The summed E-state index contributed by atoms with van der Waals surface area (Å²) in [7, 11) is -0.703. The molecule has 64 valence electrons. The van der Waals surface area contributed by atoms with Gasteiger partial charge in [0.25, 0.3) is 6.72 Å². The van der Waals surface area contributed by atoms with Gasteiger partial charge in [-0.25, -0.2) is 0 Å². The Morgan fingerprint density at radius 1 is 1.40 bits per heavy atom. The first-order valence-corrected chi connectivity index (χ1v) is 7.18. The molecule has 0 bridgehead atoms. The minimum Gasteiger partial charge on any atom is -0.329 e. The van der Waals surface area contributed by atoms with E-state index in [9.17, 15) is 0 Å². The van der Waals surface area contributed by atoms with Gasteiger partial charge in [0, 0.05) is 11.6 Å². The van der Waals surface area contributed by atoms with E-state index in [0.29, 0.717) is 17.4 Å². The number of alkyl halides is 1. The third-order valence-corrected chi connectivity index (χ3v) is 6.84. The van der Waals surface area contributed by atoms with Crippen LogP contribution in [0.4, 0.5) is 0 Å². The largest absolute Gasteiger partial charge is 0.329 e. The molecule has 10 heavy (non-hydrogen) atoms. The summed E-state index contributed by atoms with van der Waals surface area (Å²) in [5.74, 6) is 1.42. The number of halogens is 1. The summed E-state index contributed by atoms with van der Waals surface area (Å²) in [5.41, 5.74) is 0. The fourth-order valence-electron chi connectivity index (χ4n) is 0.529. The SMILES string of the molecule is CCS(CCCl)=P(O)(O)O. The van der Waals surface area contributed by atoms with Crippen molar-refractivity contribution in [2.45, 2.75) is 6.92 Å². The molecule has 0 amide bonds. The van der Waals surface area contributed by atoms with E-state index in [4.69, 9.17) is 26.3 Å². The molecule has 0 aromatic rings. The molecule has 0 aromatic carbocycles. The normalized spacial score (nSPS) is 15.3. The first kappa shape index (κ1) is 11.0. The Morgan fingerprint density at radius 3 is 2.00 bits per heavy atom. The first-order valence-electron chi connectivity index (χ1n) is 2.83. The minimum absolute atomic E-state index is 0.361. The zero-order chi connectivity index (χ0) is 8.20. The number of hydrogen-bond acceptors (Lipinski definition) is 0. The molecule has 0 aliphatic rings. The molecule has 1 atom stereocenters. The van der Waals surface area contributed by atoms with Crippen molar-refractivity contribution < 1.29 is 14.7 Å². The quantitative estimate of drug-likeness (QED) is 0.466. The summed E-state index contributed by atoms with van der Waals surface area (Å²) in [6.45, 7) is -1.80. The van der Waals surface area contributed by atoms with Gasteiger partial charge in [-0.1, -0.05) is 6.92 Å². The molecule has 0 aliphatic heterocycles. The predicted octanol–water partition coefficient (Wildman–Crippen LogP) is 0.518. The standard InChI is InChI=1S/C4H12ClO3PS/c1-2-10(4-3-5)9(6,7)8/h6-8H,2-4H2,1H3. The second kappa shape index (κ2) is 4.75. The second-order valence-electron chi connectivity index (χ2n) is 1.66. The van der Waals surface area contributed by atoms with Crippen LogP contribution in [0.3, 0.4) is 0 Å². The smallest absolute Gasteiger partial charge is 0.277 e. The molecule has 0 heterocycles. The maximum Gasteiger partial charge on any atom is 0.277 e. The van der Waals surface area contributed by atoms with Gasteiger partial charge in [-0.3, -0.25) is 0 Å². The van der Waals surface area contributed by atoms with E-state index in [1.54, 1.807) is 6.92 Å². The van der Waals surface area contributed by atoms with Crippen molar-refractivity contribution in [1.29, 1.82) is 0 Å². The van der Waals surface area contributed by atoms with Crippen molar-refractivity contribution in [2.75, 3.05) is 17.4 Å². The third-order valence-electron chi connectivity index (χ3n) is 0.992. The van der Waals surface area contributed by atoms with Crippen molar-refractivity contribution in [2.24, 2.45) is 0 Å². The lowest BCUT2D eigenvalue weighted by atomic mass is 11.0. The lowest BCUT2D eigenvalue weighted by Crippen LogP contribution is -2.03. The van der Waals surface area contributed by atoms with Crippen LogP contribution in [0.15, 0.2) is 0 Å². The average molecular weight is 207 g/mol. The van der Waals surface area contributed by atoms with Gasteiger partial charge in [0.05, 0.1) is 0 Å². The van der Waals surface area contributed by atoms with Gasteiger partial charge in [-0.05, 0) is 5.75 Å². The van der Waals surface area contributed by atoms with E-state index >= 15 is 0 Å². The van der Waals surface area contributed by atoms with Gasteiger partial charge < -0.3 is 14.7 Å². The summed E-state index contributed by atoms with van der Waals surface area (Å²) in [5, 5.41) is 0. The zero-order valence-electron chi connectivity index (χ0n) is 5.70. The zero-order valence-corrected chi connectivity index (χ0v) is 8.16. The van der Waals surface area contributed by atoms with Gasteiger partial charge >= 0.3 is 0 Å². The van der Waals surface area contributed by atoms with Crippen LogP contribution in [0.2, 0.25) is 0 Å². The Balaban J connectivity index is 4.32. The molecule has 1 unspecified atom stereocenters. The molecule has 0 saturated carbocycles. The maximum atomic E-state index is 8.78. The molecular weight excluding hydrogens is 195 g/mol. The highest BCUT2D eigenvalue weighted by atomic mass is 35.5. The Morgan fingerprint density at radius 2 is 1.90 bits per heavy atom. The van der Waals surface area contributed by atoms with Crippen LogP contribution < -0.4 is 0 Å². The van der Waals surface area contributed by atoms with E-state index in [-0.39, 0.29) is 0 Å². The van der Waals surface area contributed by atoms with E-state index in [1.807, 2.05) is 0 Å². The van der Waals surface area contributed by atoms with Crippen LogP contribution in [-0.4, -0.2) is 32.1 Å². The Kier molecular flexibility index (Phi) is 5.20. The van der Waals surface area contributed by atoms with Crippen LogP contribution in [0.1, 0.15) is 6.92 Å². The van der Waals surface area contributed by atoms with Crippen molar-refractivity contribution in [3.63, 3.8) is 0 Å². The van der Waals surface area contributed by atoms with Crippen LogP contribution in [0.25, 0.3) is 0 Å². The predicted molar refractivity (Wildman–Crippen MR) is 47.1 cm³/mol. The average Bonchev–Trinajstić information content (AvgIpc) is 1.80. The molecule has 0 saturated heterocycles. The van der Waals surface area contributed by atoms with Crippen LogP contribution in [0, 0.1) is 0 Å². The fraction of sp³-hybridized carbons (Fsp3) is 1.00. The lowest BCUT2D eigenvalue weighted by Gasteiger charge is -2.11. The van der Waals surface area contributed by atoms with Crippen LogP contribution >= 0.6 is 18.3 Å². The van der Waals surface area contributed by atoms with Gasteiger partial charge in [-0.2, -0.15) is 0 Å². The summed E-state index contributed by atoms with van der Waals surface area (Å²) in [4.78, 5) is 26.4. The molecule has 0 aromatic heterocycles. The van der Waals surface area contributed by atoms with Crippen LogP contribution in [0.5, 0.6) is 0 Å². The van der Waals surface area contributed by atoms with Gasteiger partial charge in [0.15, 0.2) is 0 Å². The number of rotatable bonds is 3. The van der Waals surface area contributed by atoms with Gasteiger partial charge in [-0.15, -0.1) is 21.7 Å². The molecule has 0 rings (SSSR count). The van der Waals surface area contributed by atoms with E-state index in [0.717, 1.165) is 0 Å². The van der Waals surface area contributed by atoms with E-state index < -0.39 is 16.8 Å². The van der Waals surface area contributed by atoms with Crippen molar-refractivity contribution in [3.8, 4) is 0 Å². The Hall–Kier alpha value is 0.950. The topological polar surface area (TPSA) is 60.7 Å². The maximum absolute atomic E-state index is 8.78. The van der Waals surface area contributed by atoms with Crippen LogP contribution in [-0.2, 0) is 10.1 Å². The molecular formula is C4H12ClO3PS. The molecule has 0 aliphatic carbocycles. The highest BCUT2D eigenvalue weighted by molar-refractivity contribution is 8.27. The van der Waals surface area contributed by atoms with Crippen molar-refractivity contribution in [3.05, 3.63) is 0 Å². The van der Waals surface area contributed by atoms with E-state index in [2.05, 4.69) is 0 Å². The second-order valence-corrected chi connectivity index (χ2v) is 7.99. The van der Waals surface area contributed by atoms with Crippen molar-refractivity contribution in [1.82, 2.24) is 0 Å². The number of hydrogen-bond donors (Lipinski definition) is 3. The monoisotopic (exact) mass is 206 g/mol. The Bertz CT molecular complexity index is 146. The lowest BCUT2D eigenvalue weighted by molar-refractivity contribution is 0.362. The molecule has 3 nitrogen and oxygen atoms in total. The Labute approximate surface area is 67.8 Å². The fourth-order valence-corrected chi connectivity index (χ4v) is 4.52. The van der Waals surface area contributed by atoms with Crippen molar-refractivity contribution >= 4 is 28.4 Å². The minimum atomic E-state index is -3.60. The third kappa shape index (κ3) is 3.96. The summed E-state index contributed by atoms with van der Waals surface area (Å²) < 4.78 is 0. The molecule has 0 radical (unpaired) electrons. The van der Waals surface area contributed by atoms with Gasteiger partial charge in [0.2, 0.25) is 0 Å². The summed E-state index contributed by atoms with van der Waals surface area (Å²) >= 11 is 5.37. The highest BCUT2D eigenvalue weighted by Crippen LogP contribution is 2.36. The van der Waals surface area contributed by atoms with E-state index in [1.165, 1.54) is 0 Å². The van der Waals surface area contributed by atoms with Gasteiger partial charge in [0.1, 0.15) is 0 Å². The summed E-state index contributed by atoms with van der Waals surface area (Å²) in [6, 6.07) is 0. The first-order chi connectivity index (χ1) is 4.52. The molecule has 0 spiro atoms.